The SMILES string of the molecule is CCc1cccc(C)c1NCc1cc(F)ccc1F. The van der Waals surface area contributed by atoms with E-state index in [2.05, 4.69) is 12.2 Å². The normalized spacial score (nSPS) is 10.5. The van der Waals surface area contributed by atoms with Gasteiger partial charge in [0, 0.05) is 17.8 Å². The molecule has 0 atom stereocenters. The second kappa shape index (κ2) is 5.83. The van der Waals surface area contributed by atoms with Gasteiger partial charge in [-0.25, -0.2) is 8.78 Å². The smallest absolute Gasteiger partial charge is 0.128 e. The van der Waals surface area contributed by atoms with Gasteiger partial charge in [-0.15, -0.1) is 0 Å². The van der Waals surface area contributed by atoms with Crippen LogP contribution in [0.3, 0.4) is 0 Å². The summed E-state index contributed by atoms with van der Waals surface area (Å²) in [6.07, 6.45) is 0.898. The van der Waals surface area contributed by atoms with Crippen molar-refractivity contribution in [3.05, 3.63) is 64.7 Å². The van der Waals surface area contributed by atoms with Gasteiger partial charge in [-0.1, -0.05) is 25.1 Å². The molecule has 0 fully saturated rings. The van der Waals surface area contributed by atoms with E-state index in [-0.39, 0.29) is 12.4 Å². The van der Waals surface area contributed by atoms with E-state index in [1.165, 1.54) is 11.6 Å². The molecule has 0 amide bonds. The average molecular weight is 261 g/mol. The van der Waals surface area contributed by atoms with Crippen LogP contribution >= 0.6 is 0 Å². The second-order valence-electron chi connectivity index (χ2n) is 4.55. The van der Waals surface area contributed by atoms with E-state index in [1.54, 1.807) is 0 Å². The minimum atomic E-state index is -0.418. The molecule has 2 aromatic carbocycles. The summed E-state index contributed by atoms with van der Waals surface area (Å²) in [5, 5.41) is 3.21. The maximum absolute atomic E-state index is 13.5. The van der Waals surface area contributed by atoms with Crippen LogP contribution in [0.25, 0.3) is 0 Å². The Labute approximate surface area is 112 Å². The highest BCUT2D eigenvalue weighted by Gasteiger charge is 2.07. The average Bonchev–Trinajstić information content (AvgIpc) is 2.40. The number of benzene rings is 2. The first-order valence-electron chi connectivity index (χ1n) is 6.38. The van der Waals surface area contributed by atoms with E-state index in [0.717, 1.165) is 29.8 Å². The molecule has 0 saturated carbocycles. The molecule has 0 spiro atoms. The molecule has 0 aliphatic rings. The van der Waals surface area contributed by atoms with Crippen molar-refractivity contribution < 1.29 is 8.78 Å². The summed E-state index contributed by atoms with van der Waals surface area (Å²) in [5.74, 6) is -0.806. The van der Waals surface area contributed by atoms with Gasteiger partial charge in [0.2, 0.25) is 0 Å². The minimum Gasteiger partial charge on any atom is -0.380 e. The van der Waals surface area contributed by atoms with Gasteiger partial charge in [-0.3, -0.25) is 0 Å². The molecule has 1 N–H and O–H groups in total. The van der Waals surface area contributed by atoms with Gasteiger partial charge in [-0.2, -0.15) is 0 Å². The molecule has 0 aromatic heterocycles. The zero-order valence-electron chi connectivity index (χ0n) is 11.1. The van der Waals surface area contributed by atoms with Crippen LogP contribution in [0.15, 0.2) is 36.4 Å². The van der Waals surface area contributed by atoms with E-state index in [1.807, 2.05) is 25.1 Å². The molecule has 100 valence electrons. The standard InChI is InChI=1S/C16H17F2N/c1-3-12-6-4-5-11(2)16(12)19-10-13-9-14(17)7-8-15(13)18/h4-9,19H,3,10H2,1-2H3. The lowest BCUT2D eigenvalue weighted by Crippen LogP contribution is -2.06. The lowest BCUT2D eigenvalue weighted by Gasteiger charge is -2.14. The van der Waals surface area contributed by atoms with Crippen LogP contribution < -0.4 is 5.32 Å². The Morgan fingerprint density at radius 2 is 1.84 bits per heavy atom. The summed E-state index contributed by atoms with van der Waals surface area (Å²) in [6.45, 7) is 4.35. The monoisotopic (exact) mass is 261 g/mol. The van der Waals surface area contributed by atoms with Crippen molar-refractivity contribution >= 4 is 5.69 Å². The molecule has 19 heavy (non-hydrogen) atoms. The molecule has 0 saturated heterocycles. The maximum Gasteiger partial charge on any atom is 0.128 e. The molecule has 0 heterocycles. The number of aryl methyl sites for hydroxylation is 2. The summed E-state index contributed by atoms with van der Waals surface area (Å²) in [7, 11) is 0. The fraction of sp³-hybridized carbons (Fsp3) is 0.250. The van der Waals surface area contributed by atoms with Gasteiger partial charge in [-0.05, 0) is 42.7 Å². The Kier molecular flexibility index (Phi) is 4.15. The van der Waals surface area contributed by atoms with Crippen molar-refractivity contribution in [2.24, 2.45) is 0 Å². The number of halogens is 2. The van der Waals surface area contributed by atoms with Gasteiger partial charge in [0.25, 0.3) is 0 Å². The number of anilines is 1. The van der Waals surface area contributed by atoms with Crippen molar-refractivity contribution in [3.8, 4) is 0 Å². The first kappa shape index (κ1) is 13.5. The van der Waals surface area contributed by atoms with Crippen molar-refractivity contribution in [1.29, 1.82) is 0 Å². The predicted molar refractivity (Wildman–Crippen MR) is 74.2 cm³/mol. The first-order chi connectivity index (χ1) is 9.11. The number of para-hydroxylation sites is 1. The summed E-state index contributed by atoms with van der Waals surface area (Å²) in [5.41, 5.74) is 3.63. The Balaban J connectivity index is 2.21. The van der Waals surface area contributed by atoms with E-state index < -0.39 is 5.82 Å². The molecule has 0 aliphatic carbocycles. The van der Waals surface area contributed by atoms with Crippen molar-refractivity contribution in [2.45, 2.75) is 26.8 Å². The second-order valence-corrected chi connectivity index (χ2v) is 4.55. The maximum atomic E-state index is 13.5. The zero-order valence-corrected chi connectivity index (χ0v) is 11.1. The number of rotatable bonds is 4. The largest absolute Gasteiger partial charge is 0.380 e. The molecule has 2 aromatic rings. The highest BCUT2D eigenvalue weighted by Crippen LogP contribution is 2.22. The summed E-state index contributed by atoms with van der Waals surface area (Å²) >= 11 is 0. The quantitative estimate of drug-likeness (QED) is 0.857. The van der Waals surface area contributed by atoms with Gasteiger partial charge in [0.15, 0.2) is 0 Å². The van der Waals surface area contributed by atoms with Crippen molar-refractivity contribution in [3.63, 3.8) is 0 Å². The van der Waals surface area contributed by atoms with Crippen LogP contribution in [0.2, 0.25) is 0 Å². The Morgan fingerprint density at radius 3 is 2.58 bits per heavy atom. The van der Waals surface area contributed by atoms with Gasteiger partial charge >= 0.3 is 0 Å². The van der Waals surface area contributed by atoms with Crippen LogP contribution in [0.4, 0.5) is 14.5 Å². The predicted octanol–water partition coefficient (Wildman–Crippen LogP) is 4.45. The number of nitrogens with one attached hydrogen (secondary N) is 1. The lowest BCUT2D eigenvalue weighted by molar-refractivity contribution is 0.587. The number of hydrogen-bond donors (Lipinski definition) is 1. The Bertz CT molecular complexity index is 579. The summed E-state index contributed by atoms with van der Waals surface area (Å²) < 4.78 is 26.7. The fourth-order valence-electron chi connectivity index (χ4n) is 2.14. The third-order valence-electron chi connectivity index (χ3n) is 3.20. The van der Waals surface area contributed by atoms with E-state index in [9.17, 15) is 8.78 Å². The molecule has 0 aliphatic heterocycles. The highest BCUT2D eigenvalue weighted by atomic mass is 19.1. The van der Waals surface area contributed by atoms with E-state index >= 15 is 0 Å². The molecule has 0 bridgehead atoms. The summed E-state index contributed by atoms with van der Waals surface area (Å²) in [6, 6.07) is 9.56. The zero-order chi connectivity index (χ0) is 13.8. The van der Waals surface area contributed by atoms with Crippen LogP contribution in [-0.2, 0) is 13.0 Å². The van der Waals surface area contributed by atoms with E-state index in [0.29, 0.717) is 5.56 Å². The van der Waals surface area contributed by atoms with Crippen LogP contribution in [0, 0.1) is 18.6 Å². The third-order valence-corrected chi connectivity index (χ3v) is 3.20. The van der Waals surface area contributed by atoms with Crippen molar-refractivity contribution in [2.75, 3.05) is 5.32 Å². The molecule has 3 heteroatoms. The summed E-state index contributed by atoms with van der Waals surface area (Å²) in [4.78, 5) is 0. The molecule has 0 radical (unpaired) electrons. The van der Waals surface area contributed by atoms with Gasteiger partial charge in [0.05, 0.1) is 0 Å². The molecular weight excluding hydrogens is 244 g/mol. The van der Waals surface area contributed by atoms with Crippen LogP contribution in [0.5, 0.6) is 0 Å². The molecule has 2 rings (SSSR count). The number of hydrogen-bond acceptors (Lipinski definition) is 1. The van der Waals surface area contributed by atoms with E-state index in [4.69, 9.17) is 0 Å². The van der Waals surface area contributed by atoms with Crippen LogP contribution in [-0.4, -0.2) is 0 Å². The van der Waals surface area contributed by atoms with Gasteiger partial charge < -0.3 is 5.32 Å². The van der Waals surface area contributed by atoms with Gasteiger partial charge in [0.1, 0.15) is 11.6 Å². The Hall–Kier alpha value is -1.90. The first-order valence-corrected chi connectivity index (χ1v) is 6.38. The van der Waals surface area contributed by atoms with Crippen molar-refractivity contribution in [1.82, 2.24) is 0 Å². The highest BCUT2D eigenvalue weighted by molar-refractivity contribution is 5.57. The Morgan fingerprint density at radius 1 is 1.05 bits per heavy atom. The molecule has 1 nitrogen and oxygen atoms in total. The topological polar surface area (TPSA) is 12.0 Å². The minimum absolute atomic E-state index is 0.279. The fourth-order valence-corrected chi connectivity index (χ4v) is 2.14. The third kappa shape index (κ3) is 3.11. The molecule has 0 unspecified atom stereocenters. The molecular formula is C16H17F2N. The lowest BCUT2D eigenvalue weighted by atomic mass is 10.1. The van der Waals surface area contributed by atoms with Crippen LogP contribution in [0.1, 0.15) is 23.6 Å².